The van der Waals surface area contributed by atoms with Gasteiger partial charge in [-0.2, -0.15) is 4.31 Å². The lowest BCUT2D eigenvalue weighted by atomic mass is 10.2. The number of nitrogens with one attached hydrogen (secondary N) is 1. The predicted molar refractivity (Wildman–Crippen MR) is 101 cm³/mol. The molecule has 0 aliphatic carbocycles. The van der Waals surface area contributed by atoms with E-state index in [-0.39, 0.29) is 10.9 Å². The first kappa shape index (κ1) is 19.8. The molecule has 1 N–H and O–H groups in total. The van der Waals surface area contributed by atoms with Crippen LogP contribution in [0.2, 0.25) is 0 Å². The Kier molecular flexibility index (Phi) is 6.28. The second-order valence-electron chi connectivity index (χ2n) is 5.98. The van der Waals surface area contributed by atoms with Crippen LogP contribution in [-0.2, 0) is 14.8 Å². The Hall–Kier alpha value is -2.51. The molecule has 2 aromatic carbocycles. The molecule has 0 fully saturated rings. The van der Waals surface area contributed by atoms with Crippen LogP contribution in [0.3, 0.4) is 0 Å². The van der Waals surface area contributed by atoms with E-state index in [9.17, 15) is 17.6 Å². The minimum atomic E-state index is -3.57. The molecule has 0 saturated carbocycles. The monoisotopic (exact) mass is 376 g/mol. The van der Waals surface area contributed by atoms with E-state index in [4.69, 9.17) is 0 Å². The number of halogens is 1. The highest BCUT2D eigenvalue weighted by atomic mass is 32.2. The van der Waals surface area contributed by atoms with Gasteiger partial charge in [-0.1, -0.05) is 18.2 Å². The standard InChI is InChI=1S/C19H21FN2O3S/c1-14(2)22(3)26(24,25)17-11-9-16(10-12-17)21-19(23)13-8-15-6-4-5-7-18(15)20/h4-14H,1-3H3,(H,21,23)/b13-8+. The first-order chi connectivity index (χ1) is 12.2. The highest BCUT2D eigenvalue weighted by molar-refractivity contribution is 7.89. The van der Waals surface area contributed by atoms with Crippen LogP contribution in [0.5, 0.6) is 0 Å². The minimum absolute atomic E-state index is 0.147. The van der Waals surface area contributed by atoms with Crippen molar-refractivity contribution in [1.82, 2.24) is 4.31 Å². The van der Waals surface area contributed by atoms with Crippen molar-refractivity contribution in [3.63, 3.8) is 0 Å². The summed E-state index contributed by atoms with van der Waals surface area (Å²) in [6.45, 7) is 3.57. The first-order valence-corrected chi connectivity index (χ1v) is 9.47. The maximum Gasteiger partial charge on any atom is 0.248 e. The van der Waals surface area contributed by atoms with Crippen molar-refractivity contribution in [2.24, 2.45) is 0 Å². The van der Waals surface area contributed by atoms with Crippen LogP contribution in [0.25, 0.3) is 6.08 Å². The molecule has 0 radical (unpaired) electrons. The number of carbonyl (C=O) groups is 1. The molecule has 7 heteroatoms. The van der Waals surface area contributed by atoms with E-state index < -0.39 is 21.7 Å². The molecular weight excluding hydrogens is 355 g/mol. The van der Waals surface area contributed by atoms with Gasteiger partial charge in [-0.05, 0) is 50.3 Å². The van der Waals surface area contributed by atoms with E-state index in [1.165, 1.54) is 53.8 Å². The van der Waals surface area contributed by atoms with Gasteiger partial charge >= 0.3 is 0 Å². The average Bonchev–Trinajstić information content (AvgIpc) is 2.60. The fourth-order valence-electron chi connectivity index (χ4n) is 2.11. The SMILES string of the molecule is CC(C)N(C)S(=O)(=O)c1ccc(NC(=O)/C=C/c2ccccc2F)cc1. The summed E-state index contributed by atoms with van der Waals surface area (Å²) in [5, 5.41) is 2.61. The molecule has 26 heavy (non-hydrogen) atoms. The van der Waals surface area contributed by atoms with Crippen molar-refractivity contribution in [3.8, 4) is 0 Å². The maximum absolute atomic E-state index is 13.5. The lowest BCUT2D eigenvalue weighted by Crippen LogP contribution is -2.33. The van der Waals surface area contributed by atoms with Crippen LogP contribution in [0.1, 0.15) is 19.4 Å². The molecule has 0 saturated heterocycles. The second-order valence-corrected chi connectivity index (χ2v) is 7.98. The van der Waals surface area contributed by atoms with E-state index in [0.29, 0.717) is 11.3 Å². The molecule has 0 aliphatic heterocycles. The van der Waals surface area contributed by atoms with Gasteiger partial charge in [0.05, 0.1) is 4.90 Å². The zero-order valence-electron chi connectivity index (χ0n) is 14.8. The zero-order valence-corrected chi connectivity index (χ0v) is 15.6. The number of nitrogens with zero attached hydrogens (tertiary/aromatic N) is 1. The molecular formula is C19H21FN2O3S. The molecule has 0 atom stereocenters. The van der Waals surface area contributed by atoms with Gasteiger partial charge in [0, 0.05) is 30.4 Å². The smallest absolute Gasteiger partial charge is 0.248 e. The Morgan fingerprint density at radius 1 is 1.12 bits per heavy atom. The summed E-state index contributed by atoms with van der Waals surface area (Å²) in [5.41, 5.74) is 0.750. The van der Waals surface area contributed by atoms with Crippen molar-refractivity contribution in [2.45, 2.75) is 24.8 Å². The van der Waals surface area contributed by atoms with Crippen molar-refractivity contribution in [3.05, 3.63) is 66.0 Å². The van der Waals surface area contributed by atoms with Crippen LogP contribution in [-0.4, -0.2) is 31.7 Å². The average molecular weight is 376 g/mol. The largest absolute Gasteiger partial charge is 0.323 e. The third-order valence-electron chi connectivity index (χ3n) is 3.85. The molecule has 2 aromatic rings. The van der Waals surface area contributed by atoms with Gasteiger partial charge in [0.2, 0.25) is 15.9 Å². The van der Waals surface area contributed by atoms with Crippen LogP contribution >= 0.6 is 0 Å². The van der Waals surface area contributed by atoms with Crippen LogP contribution < -0.4 is 5.32 Å². The van der Waals surface area contributed by atoms with Gasteiger partial charge < -0.3 is 5.32 Å². The number of benzene rings is 2. The van der Waals surface area contributed by atoms with Gasteiger partial charge in [0.15, 0.2) is 0 Å². The fraction of sp³-hybridized carbons (Fsp3) is 0.211. The van der Waals surface area contributed by atoms with Crippen LogP contribution in [0.15, 0.2) is 59.5 Å². The number of carbonyl (C=O) groups excluding carboxylic acids is 1. The summed E-state index contributed by atoms with van der Waals surface area (Å²) < 4.78 is 39.6. The third-order valence-corrected chi connectivity index (χ3v) is 5.89. The van der Waals surface area contributed by atoms with Gasteiger partial charge in [0.25, 0.3) is 0 Å². The summed E-state index contributed by atoms with van der Waals surface area (Å²) in [6, 6.07) is 11.8. The summed E-state index contributed by atoms with van der Waals surface area (Å²) >= 11 is 0. The van der Waals surface area contributed by atoms with Crippen molar-refractivity contribution < 1.29 is 17.6 Å². The van der Waals surface area contributed by atoms with Crippen LogP contribution in [0, 0.1) is 5.82 Å². The molecule has 0 aromatic heterocycles. The highest BCUT2D eigenvalue weighted by Crippen LogP contribution is 2.19. The summed E-state index contributed by atoms with van der Waals surface area (Å²) in [7, 11) is -2.05. The number of hydrogen-bond acceptors (Lipinski definition) is 3. The third kappa shape index (κ3) is 4.77. The maximum atomic E-state index is 13.5. The lowest BCUT2D eigenvalue weighted by Gasteiger charge is -2.21. The number of sulfonamides is 1. The molecule has 0 aliphatic rings. The Bertz CT molecular complexity index is 907. The van der Waals surface area contributed by atoms with Gasteiger partial charge in [-0.15, -0.1) is 0 Å². The van der Waals surface area contributed by atoms with E-state index in [1.807, 2.05) is 0 Å². The van der Waals surface area contributed by atoms with E-state index >= 15 is 0 Å². The lowest BCUT2D eigenvalue weighted by molar-refractivity contribution is -0.111. The number of hydrogen-bond donors (Lipinski definition) is 1. The van der Waals surface area contributed by atoms with Crippen molar-refractivity contribution in [1.29, 1.82) is 0 Å². The molecule has 5 nitrogen and oxygen atoms in total. The van der Waals surface area contributed by atoms with Gasteiger partial charge in [0.1, 0.15) is 5.82 Å². The Morgan fingerprint density at radius 2 is 1.73 bits per heavy atom. The van der Waals surface area contributed by atoms with Crippen molar-refractivity contribution >= 4 is 27.7 Å². The fourth-order valence-corrected chi connectivity index (χ4v) is 3.48. The Balaban J connectivity index is 2.07. The summed E-state index contributed by atoms with van der Waals surface area (Å²) in [4.78, 5) is 12.1. The van der Waals surface area contributed by atoms with E-state index in [1.54, 1.807) is 32.0 Å². The summed E-state index contributed by atoms with van der Waals surface area (Å²) in [5.74, 6) is -0.858. The number of rotatable bonds is 6. The molecule has 0 bridgehead atoms. The van der Waals surface area contributed by atoms with E-state index in [0.717, 1.165) is 0 Å². The van der Waals surface area contributed by atoms with Crippen molar-refractivity contribution in [2.75, 3.05) is 12.4 Å². The minimum Gasteiger partial charge on any atom is -0.323 e. The number of amides is 1. The highest BCUT2D eigenvalue weighted by Gasteiger charge is 2.22. The second kappa shape index (κ2) is 8.25. The van der Waals surface area contributed by atoms with Crippen LogP contribution in [0.4, 0.5) is 10.1 Å². The summed E-state index contributed by atoms with van der Waals surface area (Å²) in [6.07, 6.45) is 2.59. The first-order valence-electron chi connectivity index (χ1n) is 8.03. The molecule has 2 rings (SSSR count). The van der Waals surface area contributed by atoms with Gasteiger partial charge in [-0.25, -0.2) is 12.8 Å². The molecule has 0 heterocycles. The van der Waals surface area contributed by atoms with Gasteiger partial charge in [-0.3, -0.25) is 4.79 Å². The zero-order chi connectivity index (χ0) is 19.3. The molecule has 0 spiro atoms. The Labute approximate surface area is 153 Å². The normalized spacial score (nSPS) is 12.1. The topological polar surface area (TPSA) is 66.5 Å². The molecule has 1 amide bonds. The quantitative estimate of drug-likeness (QED) is 0.785. The molecule has 138 valence electrons. The number of anilines is 1. The Morgan fingerprint density at radius 3 is 2.31 bits per heavy atom. The predicted octanol–water partition coefficient (Wildman–Crippen LogP) is 3.51. The molecule has 0 unspecified atom stereocenters. The van der Waals surface area contributed by atoms with E-state index in [2.05, 4.69) is 5.32 Å².